The van der Waals surface area contributed by atoms with E-state index in [0.717, 1.165) is 13.0 Å². The Morgan fingerprint density at radius 2 is 2.11 bits per heavy atom. The van der Waals surface area contributed by atoms with Gasteiger partial charge in [0.25, 0.3) is 0 Å². The largest absolute Gasteiger partial charge is 0.493 e. The molecule has 1 saturated heterocycles. The first kappa shape index (κ1) is 19.5. The molecule has 0 aliphatic carbocycles. The molecule has 28 heavy (non-hydrogen) atoms. The molecular formula is C19H25N5O4. The van der Waals surface area contributed by atoms with E-state index in [1.54, 1.807) is 49.8 Å². The highest BCUT2D eigenvalue weighted by Gasteiger charge is 2.32. The number of benzene rings is 1. The number of imidazole rings is 1. The molecule has 1 aliphatic rings. The van der Waals surface area contributed by atoms with E-state index >= 15 is 0 Å². The van der Waals surface area contributed by atoms with Crippen LogP contribution in [0.2, 0.25) is 0 Å². The Kier molecular flexibility index (Phi) is 6.36. The lowest BCUT2D eigenvalue weighted by molar-refractivity contribution is -0.117. The molecule has 2 aromatic rings. The summed E-state index contributed by atoms with van der Waals surface area (Å²) in [6.45, 7) is 1.75. The minimum Gasteiger partial charge on any atom is -0.493 e. The first-order valence-corrected chi connectivity index (χ1v) is 9.13. The predicted molar refractivity (Wildman–Crippen MR) is 104 cm³/mol. The molecular weight excluding hydrogens is 362 g/mol. The van der Waals surface area contributed by atoms with Gasteiger partial charge < -0.3 is 29.6 Å². The minimum atomic E-state index is -0.266. The van der Waals surface area contributed by atoms with Gasteiger partial charge in [-0.2, -0.15) is 0 Å². The van der Waals surface area contributed by atoms with Gasteiger partial charge in [0.1, 0.15) is 0 Å². The molecule has 9 heteroatoms. The number of anilines is 1. The summed E-state index contributed by atoms with van der Waals surface area (Å²) in [5.41, 5.74) is 0.715. The number of amides is 3. The molecule has 1 fully saturated rings. The Labute approximate surface area is 163 Å². The number of methoxy groups -OCH3 is 2. The molecule has 1 aromatic carbocycles. The number of carbonyl (C=O) groups excluding carboxylic acids is 2. The monoisotopic (exact) mass is 387 g/mol. The van der Waals surface area contributed by atoms with Gasteiger partial charge in [0.2, 0.25) is 5.91 Å². The fourth-order valence-corrected chi connectivity index (χ4v) is 3.17. The lowest BCUT2D eigenvalue weighted by Gasteiger charge is -2.19. The van der Waals surface area contributed by atoms with Gasteiger partial charge in [-0.15, -0.1) is 0 Å². The molecule has 0 radical (unpaired) electrons. The van der Waals surface area contributed by atoms with Crippen molar-refractivity contribution in [3.8, 4) is 11.5 Å². The smallest absolute Gasteiger partial charge is 0.315 e. The van der Waals surface area contributed by atoms with Crippen molar-refractivity contribution >= 4 is 17.6 Å². The van der Waals surface area contributed by atoms with Gasteiger partial charge in [-0.3, -0.25) is 4.79 Å². The van der Waals surface area contributed by atoms with Crippen LogP contribution in [-0.4, -0.2) is 54.8 Å². The zero-order valence-electron chi connectivity index (χ0n) is 16.1. The van der Waals surface area contributed by atoms with E-state index < -0.39 is 0 Å². The molecule has 1 atom stereocenters. The fourth-order valence-electron chi connectivity index (χ4n) is 3.17. The molecule has 9 nitrogen and oxygen atoms in total. The maximum Gasteiger partial charge on any atom is 0.315 e. The molecule has 1 aromatic heterocycles. The maximum atomic E-state index is 12.4. The van der Waals surface area contributed by atoms with Gasteiger partial charge in [-0.25, -0.2) is 9.78 Å². The second kappa shape index (κ2) is 9.12. The third-order valence-corrected chi connectivity index (χ3v) is 4.58. The van der Waals surface area contributed by atoms with E-state index in [-0.39, 0.29) is 24.4 Å². The van der Waals surface area contributed by atoms with Gasteiger partial charge >= 0.3 is 6.03 Å². The Bertz CT molecular complexity index is 809. The van der Waals surface area contributed by atoms with E-state index in [0.29, 0.717) is 30.3 Å². The predicted octanol–water partition coefficient (Wildman–Crippen LogP) is 1.40. The molecule has 1 aliphatic heterocycles. The topological polar surface area (TPSA) is 97.7 Å². The van der Waals surface area contributed by atoms with Crippen molar-refractivity contribution in [1.29, 1.82) is 0 Å². The van der Waals surface area contributed by atoms with Crippen LogP contribution in [0, 0.1) is 0 Å². The fraction of sp³-hybridized carbons (Fsp3) is 0.421. The number of nitrogens with zero attached hydrogens (tertiary/aromatic N) is 3. The van der Waals surface area contributed by atoms with Gasteiger partial charge in [-0.05, 0) is 18.6 Å². The molecule has 0 saturated carbocycles. The number of carbonyl (C=O) groups is 2. The first-order chi connectivity index (χ1) is 13.6. The highest BCUT2D eigenvalue weighted by molar-refractivity contribution is 5.97. The van der Waals surface area contributed by atoms with E-state index in [9.17, 15) is 9.59 Å². The van der Waals surface area contributed by atoms with Crippen LogP contribution in [0.3, 0.4) is 0 Å². The number of hydrogen-bond acceptors (Lipinski definition) is 5. The van der Waals surface area contributed by atoms with Crippen molar-refractivity contribution in [2.45, 2.75) is 25.4 Å². The zero-order valence-corrected chi connectivity index (χ0v) is 16.1. The Hall–Kier alpha value is -3.23. The number of aryl methyl sites for hydroxylation is 1. The Morgan fingerprint density at radius 3 is 2.82 bits per heavy atom. The third kappa shape index (κ3) is 4.73. The van der Waals surface area contributed by atoms with Gasteiger partial charge in [-0.1, -0.05) is 0 Å². The summed E-state index contributed by atoms with van der Waals surface area (Å²) in [5.74, 6) is 1.11. The van der Waals surface area contributed by atoms with Crippen molar-refractivity contribution in [3.63, 3.8) is 0 Å². The van der Waals surface area contributed by atoms with Gasteiger partial charge in [0, 0.05) is 50.2 Å². The lowest BCUT2D eigenvalue weighted by atomic mass is 10.2. The van der Waals surface area contributed by atoms with Crippen molar-refractivity contribution < 1.29 is 19.1 Å². The summed E-state index contributed by atoms with van der Waals surface area (Å²) in [6, 6.07) is 4.81. The van der Waals surface area contributed by atoms with Crippen molar-refractivity contribution in [2.75, 3.05) is 32.2 Å². The van der Waals surface area contributed by atoms with Crippen LogP contribution in [-0.2, 0) is 11.3 Å². The van der Waals surface area contributed by atoms with E-state index in [1.807, 2.05) is 10.8 Å². The second-order valence-electron chi connectivity index (χ2n) is 6.50. The summed E-state index contributed by atoms with van der Waals surface area (Å²) in [7, 11) is 3.11. The number of urea groups is 1. The third-order valence-electron chi connectivity index (χ3n) is 4.58. The van der Waals surface area contributed by atoms with Crippen LogP contribution in [0.25, 0.3) is 0 Å². The average Bonchev–Trinajstić information content (AvgIpc) is 3.34. The van der Waals surface area contributed by atoms with E-state index in [4.69, 9.17) is 9.47 Å². The van der Waals surface area contributed by atoms with Crippen LogP contribution in [0.5, 0.6) is 11.5 Å². The van der Waals surface area contributed by atoms with Gasteiger partial charge in [0.05, 0.1) is 26.6 Å². The SMILES string of the molecule is COc1ccc(N2C[C@@H](NC(=O)NCCCn3ccnc3)CC2=O)cc1OC. The molecule has 0 spiro atoms. The number of ether oxygens (including phenoxy) is 2. The normalized spacial score (nSPS) is 16.1. The number of aromatic nitrogens is 2. The molecule has 150 valence electrons. The van der Waals surface area contributed by atoms with Crippen LogP contribution in [0.4, 0.5) is 10.5 Å². The second-order valence-corrected chi connectivity index (χ2v) is 6.50. The summed E-state index contributed by atoms with van der Waals surface area (Å²) in [6.07, 6.45) is 6.41. The number of hydrogen-bond donors (Lipinski definition) is 2. The summed E-state index contributed by atoms with van der Waals surface area (Å²) >= 11 is 0. The summed E-state index contributed by atoms with van der Waals surface area (Å²) in [4.78, 5) is 30.1. The van der Waals surface area contributed by atoms with Crippen molar-refractivity contribution in [1.82, 2.24) is 20.2 Å². The molecule has 0 unspecified atom stereocenters. The van der Waals surface area contributed by atoms with Gasteiger partial charge in [0.15, 0.2) is 11.5 Å². The van der Waals surface area contributed by atoms with E-state index in [2.05, 4.69) is 15.6 Å². The summed E-state index contributed by atoms with van der Waals surface area (Å²) < 4.78 is 12.5. The molecule has 2 heterocycles. The summed E-state index contributed by atoms with van der Waals surface area (Å²) in [5, 5.41) is 5.69. The van der Waals surface area contributed by atoms with E-state index in [1.165, 1.54) is 0 Å². The standard InChI is InChI=1S/C19H25N5O4/c1-27-16-5-4-15(11-17(16)28-2)24-12-14(10-18(24)25)22-19(26)21-6-3-8-23-9-7-20-13-23/h4-5,7,9,11,13-14H,3,6,8,10,12H2,1-2H3,(H2,21,22,26)/t14-/m0/s1. The highest BCUT2D eigenvalue weighted by atomic mass is 16.5. The Balaban J connectivity index is 1.48. The van der Waals surface area contributed by atoms with Crippen molar-refractivity contribution in [3.05, 3.63) is 36.9 Å². The van der Waals surface area contributed by atoms with Crippen LogP contribution >= 0.6 is 0 Å². The first-order valence-electron chi connectivity index (χ1n) is 9.13. The average molecular weight is 387 g/mol. The number of rotatable bonds is 8. The Morgan fingerprint density at radius 1 is 1.29 bits per heavy atom. The molecule has 0 bridgehead atoms. The zero-order chi connectivity index (χ0) is 19.9. The molecule has 3 rings (SSSR count). The van der Waals surface area contributed by atoms with Crippen LogP contribution < -0.4 is 25.0 Å². The minimum absolute atomic E-state index is 0.0439. The molecule has 2 N–H and O–H groups in total. The van der Waals surface area contributed by atoms with Crippen molar-refractivity contribution in [2.24, 2.45) is 0 Å². The quantitative estimate of drug-likeness (QED) is 0.667. The van der Waals surface area contributed by atoms with Crippen LogP contribution in [0.1, 0.15) is 12.8 Å². The number of nitrogens with one attached hydrogen (secondary N) is 2. The lowest BCUT2D eigenvalue weighted by Crippen LogP contribution is -2.43. The van der Waals surface area contributed by atoms with Crippen LogP contribution in [0.15, 0.2) is 36.9 Å². The highest BCUT2D eigenvalue weighted by Crippen LogP contribution is 2.33. The maximum absolute atomic E-state index is 12.4. The molecule has 3 amide bonds.